The maximum absolute atomic E-state index is 13.6. The van der Waals surface area contributed by atoms with Gasteiger partial charge in [-0.2, -0.15) is 11.8 Å². The van der Waals surface area contributed by atoms with Gasteiger partial charge in [0.15, 0.2) is 15.8 Å². The summed E-state index contributed by atoms with van der Waals surface area (Å²) in [7, 11) is -2.05. The van der Waals surface area contributed by atoms with Crippen LogP contribution in [0.2, 0.25) is 0 Å². The first kappa shape index (κ1) is 19.8. The number of hydrogen-bond donors (Lipinski definition) is 2. The van der Waals surface area contributed by atoms with Crippen molar-refractivity contribution in [2.45, 2.75) is 23.5 Å². The Morgan fingerprint density at radius 1 is 1.30 bits per heavy atom. The molecule has 2 N–H and O–H groups in total. The van der Waals surface area contributed by atoms with Crippen molar-refractivity contribution >= 4 is 27.6 Å². The molecule has 0 radical (unpaired) electrons. The summed E-state index contributed by atoms with van der Waals surface area (Å²) in [5.41, 5.74) is 0. The molecule has 0 unspecified atom stereocenters. The SMILES string of the molecule is CN=C(NCCS(=O)(=O)c1ccccc1F)NCC(C)(C)SC. The molecule has 1 rings (SSSR count). The highest BCUT2D eigenvalue weighted by Gasteiger charge is 2.19. The number of hydrogen-bond acceptors (Lipinski definition) is 4. The van der Waals surface area contributed by atoms with Gasteiger partial charge in [0.1, 0.15) is 10.7 Å². The summed E-state index contributed by atoms with van der Waals surface area (Å²) >= 11 is 1.72. The Morgan fingerprint density at radius 3 is 2.52 bits per heavy atom. The van der Waals surface area contributed by atoms with E-state index in [1.807, 2.05) is 6.26 Å². The number of rotatable bonds is 7. The highest BCUT2D eigenvalue weighted by atomic mass is 32.2. The Kier molecular flexibility index (Phi) is 7.34. The fraction of sp³-hybridized carbons (Fsp3) is 0.533. The summed E-state index contributed by atoms with van der Waals surface area (Å²) < 4.78 is 37.9. The van der Waals surface area contributed by atoms with Crippen LogP contribution in [0.15, 0.2) is 34.2 Å². The normalized spacial score (nSPS) is 13.0. The molecule has 0 fully saturated rings. The molecule has 0 saturated carbocycles. The van der Waals surface area contributed by atoms with Crippen molar-refractivity contribution < 1.29 is 12.8 Å². The number of aliphatic imine (C=N–C) groups is 1. The fourth-order valence-corrected chi connectivity index (χ4v) is 3.16. The Bertz CT molecular complexity index is 646. The molecule has 0 saturated heterocycles. The van der Waals surface area contributed by atoms with Gasteiger partial charge in [0.05, 0.1) is 5.75 Å². The average molecular weight is 362 g/mol. The smallest absolute Gasteiger partial charge is 0.191 e. The van der Waals surface area contributed by atoms with E-state index in [1.54, 1.807) is 18.8 Å². The largest absolute Gasteiger partial charge is 0.355 e. The summed E-state index contributed by atoms with van der Waals surface area (Å²) in [5, 5.41) is 6.09. The number of nitrogens with one attached hydrogen (secondary N) is 2. The topological polar surface area (TPSA) is 70.6 Å². The highest BCUT2D eigenvalue weighted by Crippen LogP contribution is 2.19. The second kappa shape index (κ2) is 8.54. The molecule has 1 aromatic carbocycles. The van der Waals surface area contributed by atoms with E-state index < -0.39 is 15.7 Å². The van der Waals surface area contributed by atoms with Gasteiger partial charge < -0.3 is 10.6 Å². The van der Waals surface area contributed by atoms with Crippen LogP contribution in [0.3, 0.4) is 0 Å². The van der Waals surface area contributed by atoms with Crippen LogP contribution >= 0.6 is 11.8 Å². The summed E-state index contributed by atoms with van der Waals surface area (Å²) in [4.78, 5) is 3.78. The molecule has 130 valence electrons. The minimum Gasteiger partial charge on any atom is -0.355 e. The van der Waals surface area contributed by atoms with Crippen LogP contribution in [0, 0.1) is 5.82 Å². The average Bonchev–Trinajstić information content (AvgIpc) is 2.50. The zero-order valence-electron chi connectivity index (χ0n) is 13.9. The van der Waals surface area contributed by atoms with Gasteiger partial charge in [0.25, 0.3) is 0 Å². The maximum Gasteiger partial charge on any atom is 0.191 e. The Balaban J connectivity index is 2.56. The maximum atomic E-state index is 13.6. The molecular weight excluding hydrogens is 337 g/mol. The Hall–Kier alpha value is -1.28. The molecule has 0 aliphatic rings. The first-order valence-electron chi connectivity index (χ1n) is 7.19. The molecule has 0 spiro atoms. The predicted molar refractivity (Wildman–Crippen MR) is 95.4 cm³/mol. The van der Waals surface area contributed by atoms with Gasteiger partial charge in [-0.3, -0.25) is 4.99 Å². The van der Waals surface area contributed by atoms with E-state index in [1.165, 1.54) is 18.2 Å². The van der Waals surface area contributed by atoms with E-state index in [4.69, 9.17) is 0 Å². The van der Waals surface area contributed by atoms with Crippen LogP contribution in [0.25, 0.3) is 0 Å². The number of benzene rings is 1. The van der Waals surface area contributed by atoms with E-state index >= 15 is 0 Å². The van der Waals surface area contributed by atoms with Crippen LogP contribution in [-0.4, -0.2) is 51.3 Å². The van der Waals surface area contributed by atoms with Crippen LogP contribution < -0.4 is 10.6 Å². The van der Waals surface area contributed by atoms with E-state index in [-0.39, 0.29) is 21.9 Å². The summed E-state index contributed by atoms with van der Waals surface area (Å²) in [6, 6.07) is 5.39. The molecule has 0 amide bonds. The molecule has 0 aliphatic heterocycles. The lowest BCUT2D eigenvalue weighted by atomic mass is 10.2. The molecule has 1 aromatic rings. The van der Waals surface area contributed by atoms with Gasteiger partial charge >= 0.3 is 0 Å². The quantitative estimate of drug-likeness (QED) is 0.573. The number of nitrogens with zero attached hydrogens (tertiary/aromatic N) is 1. The van der Waals surface area contributed by atoms with Crippen molar-refractivity contribution in [2.24, 2.45) is 4.99 Å². The van der Waals surface area contributed by atoms with Gasteiger partial charge in [-0.15, -0.1) is 0 Å². The lowest BCUT2D eigenvalue weighted by Crippen LogP contribution is -2.44. The summed E-state index contributed by atoms with van der Waals surface area (Å²) in [6.07, 6.45) is 2.03. The van der Waals surface area contributed by atoms with Gasteiger partial charge in [0.2, 0.25) is 0 Å². The first-order chi connectivity index (χ1) is 10.7. The van der Waals surface area contributed by atoms with Gasteiger partial charge in [-0.25, -0.2) is 12.8 Å². The van der Waals surface area contributed by atoms with Crippen molar-refractivity contribution in [3.05, 3.63) is 30.1 Å². The second-order valence-electron chi connectivity index (χ2n) is 5.57. The molecule has 5 nitrogen and oxygen atoms in total. The minimum atomic E-state index is -3.67. The highest BCUT2D eigenvalue weighted by molar-refractivity contribution is 7.99. The van der Waals surface area contributed by atoms with Crippen molar-refractivity contribution in [1.82, 2.24) is 10.6 Å². The van der Waals surface area contributed by atoms with E-state index in [2.05, 4.69) is 29.5 Å². The number of sulfone groups is 1. The van der Waals surface area contributed by atoms with E-state index in [0.717, 1.165) is 6.07 Å². The number of thioether (sulfide) groups is 1. The predicted octanol–water partition coefficient (Wildman–Crippen LogP) is 1.91. The van der Waals surface area contributed by atoms with Crippen LogP contribution in [0.5, 0.6) is 0 Å². The van der Waals surface area contributed by atoms with Crippen molar-refractivity contribution in [2.75, 3.05) is 32.1 Å². The van der Waals surface area contributed by atoms with Crippen LogP contribution in [-0.2, 0) is 9.84 Å². The third-order valence-electron chi connectivity index (χ3n) is 3.29. The van der Waals surface area contributed by atoms with Gasteiger partial charge in [-0.1, -0.05) is 12.1 Å². The third-order valence-corrected chi connectivity index (χ3v) is 6.28. The van der Waals surface area contributed by atoms with E-state index in [9.17, 15) is 12.8 Å². The zero-order chi connectivity index (χ0) is 17.5. The van der Waals surface area contributed by atoms with Crippen molar-refractivity contribution in [3.8, 4) is 0 Å². The second-order valence-corrected chi connectivity index (χ2v) is 9.16. The van der Waals surface area contributed by atoms with E-state index in [0.29, 0.717) is 12.5 Å². The number of guanidine groups is 1. The van der Waals surface area contributed by atoms with Crippen LogP contribution in [0.4, 0.5) is 4.39 Å². The molecule has 0 aromatic heterocycles. The molecule has 8 heteroatoms. The van der Waals surface area contributed by atoms with Gasteiger partial charge in [0, 0.05) is 24.9 Å². The van der Waals surface area contributed by atoms with Crippen molar-refractivity contribution in [1.29, 1.82) is 0 Å². The number of halogens is 1. The minimum absolute atomic E-state index is 0.0386. The lowest BCUT2D eigenvalue weighted by molar-refractivity contribution is 0.566. The molecule has 0 heterocycles. The molecule has 0 bridgehead atoms. The Morgan fingerprint density at radius 2 is 1.96 bits per heavy atom. The fourth-order valence-electron chi connectivity index (χ4n) is 1.70. The summed E-state index contributed by atoms with van der Waals surface area (Å²) in [6.45, 7) is 5.03. The lowest BCUT2D eigenvalue weighted by Gasteiger charge is -2.23. The van der Waals surface area contributed by atoms with Crippen LogP contribution in [0.1, 0.15) is 13.8 Å². The molecular formula is C15H24FN3O2S2. The molecule has 23 heavy (non-hydrogen) atoms. The third kappa shape index (κ3) is 6.39. The monoisotopic (exact) mass is 361 g/mol. The van der Waals surface area contributed by atoms with Crippen molar-refractivity contribution in [3.63, 3.8) is 0 Å². The summed E-state index contributed by atoms with van der Waals surface area (Å²) in [5.74, 6) is -0.409. The van der Waals surface area contributed by atoms with Gasteiger partial charge in [-0.05, 0) is 32.2 Å². The molecule has 0 atom stereocenters. The molecule has 0 aliphatic carbocycles. The first-order valence-corrected chi connectivity index (χ1v) is 10.1. The zero-order valence-corrected chi connectivity index (χ0v) is 15.5. The standard InChI is InChI=1S/C15H24FN3O2S2/c1-15(2,22-4)11-19-14(17-3)18-9-10-23(20,21)13-8-6-5-7-12(13)16/h5-8H,9-11H2,1-4H3,(H2,17,18,19). The Labute approximate surface area is 142 Å².